The zero-order valence-corrected chi connectivity index (χ0v) is 8.62. The van der Waals surface area contributed by atoms with Gasteiger partial charge in [0.15, 0.2) is 0 Å². The van der Waals surface area contributed by atoms with E-state index in [1.807, 2.05) is 0 Å². The van der Waals surface area contributed by atoms with Crippen LogP contribution in [-0.4, -0.2) is 31.1 Å². The number of rotatable bonds is 7. The summed E-state index contributed by atoms with van der Waals surface area (Å²) in [6, 6.07) is 0. The maximum atomic E-state index is 11.0. The van der Waals surface area contributed by atoms with Crippen LogP contribution in [0.1, 0.15) is 20.3 Å². The van der Waals surface area contributed by atoms with Crippen molar-refractivity contribution in [1.82, 2.24) is 0 Å². The Kier molecular flexibility index (Phi) is 6.66. The average molecular weight is 200 g/mol. The normalized spacial score (nSPS) is 11.9. The topological polar surface area (TPSA) is 52.6 Å². The smallest absolute Gasteiger partial charge is 0.377 e. The molecule has 4 nitrogen and oxygen atoms in total. The largest absolute Gasteiger partial charge is 0.460 e. The summed E-state index contributed by atoms with van der Waals surface area (Å²) in [4.78, 5) is 21.9. The number of Topliss-reactive ketones (excluding diaryl/α,β-unsaturated/α-hetero) is 1. The summed E-state index contributed by atoms with van der Waals surface area (Å²) in [7, 11) is 0. The second-order valence-corrected chi connectivity index (χ2v) is 2.79. The number of ketones is 1. The van der Waals surface area contributed by atoms with Crippen LogP contribution in [0.4, 0.5) is 0 Å². The molecule has 0 aromatic carbocycles. The van der Waals surface area contributed by atoms with Crippen molar-refractivity contribution in [3.63, 3.8) is 0 Å². The molecule has 0 aliphatic heterocycles. The van der Waals surface area contributed by atoms with E-state index in [4.69, 9.17) is 4.74 Å². The highest BCUT2D eigenvalue weighted by Crippen LogP contribution is 1.97. The van der Waals surface area contributed by atoms with Crippen LogP contribution in [0.25, 0.3) is 0 Å². The van der Waals surface area contributed by atoms with Gasteiger partial charge in [-0.3, -0.25) is 4.79 Å². The lowest BCUT2D eigenvalue weighted by Crippen LogP contribution is -2.24. The maximum Gasteiger partial charge on any atom is 0.377 e. The Balaban J connectivity index is 3.72. The molecule has 0 rings (SSSR count). The van der Waals surface area contributed by atoms with Crippen LogP contribution in [0.3, 0.4) is 0 Å². The van der Waals surface area contributed by atoms with E-state index in [0.717, 1.165) is 0 Å². The molecule has 0 bridgehead atoms. The number of esters is 1. The Morgan fingerprint density at radius 1 is 1.50 bits per heavy atom. The van der Waals surface area contributed by atoms with Gasteiger partial charge in [-0.05, 0) is 20.3 Å². The van der Waals surface area contributed by atoms with E-state index in [-0.39, 0.29) is 19.3 Å². The number of hydrogen-bond donors (Lipinski definition) is 0. The third-order valence-electron chi connectivity index (χ3n) is 1.50. The van der Waals surface area contributed by atoms with Crippen LogP contribution in [0.5, 0.6) is 0 Å². The van der Waals surface area contributed by atoms with Crippen molar-refractivity contribution < 1.29 is 19.1 Å². The van der Waals surface area contributed by atoms with Crippen molar-refractivity contribution in [2.45, 2.75) is 26.4 Å². The van der Waals surface area contributed by atoms with E-state index < -0.39 is 11.8 Å². The molecule has 0 amide bonds. The van der Waals surface area contributed by atoms with Gasteiger partial charge in [0.1, 0.15) is 6.61 Å². The van der Waals surface area contributed by atoms with Crippen molar-refractivity contribution in [3.8, 4) is 0 Å². The summed E-state index contributed by atoms with van der Waals surface area (Å²) >= 11 is 0. The SMILES string of the molecule is C=CCC(C)OCC(=O)C(=O)OCC. The molecule has 0 fully saturated rings. The van der Waals surface area contributed by atoms with Gasteiger partial charge < -0.3 is 9.47 Å². The lowest BCUT2D eigenvalue weighted by atomic mass is 10.3. The Morgan fingerprint density at radius 3 is 2.64 bits per heavy atom. The second-order valence-electron chi connectivity index (χ2n) is 2.79. The van der Waals surface area contributed by atoms with E-state index in [1.165, 1.54) is 0 Å². The summed E-state index contributed by atoms with van der Waals surface area (Å²) in [5.41, 5.74) is 0. The molecule has 0 saturated carbocycles. The minimum absolute atomic E-state index is 0.106. The summed E-state index contributed by atoms with van der Waals surface area (Å²) < 4.78 is 9.60. The maximum absolute atomic E-state index is 11.0. The van der Waals surface area contributed by atoms with E-state index in [9.17, 15) is 9.59 Å². The fourth-order valence-electron chi connectivity index (χ4n) is 0.791. The van der Waals surface area contributed by atoms with Gasteiger partial charge in [0.25, 0.3) is 5.78 Å². The molecule has 0 N–H and O–H groups in total. The van der Waals surface area contributed by atoms with Gasteiger partial charge in [0.2, 0.25) is 0 Å². The van der Waals surface area contributed by atoms with Gasteiger partial charge in [-0.1, -0.05) is 6.08 Å². The fraction of sp³-hybridized carbons (Fsp3) is 0.600. The molecule has 0 aromatic rings. The first-order valence-electron chi connectivity index (χ1n) is 4.54. The lowest BCUT2D eigenvalue weighted by Gasteiger charge is -2.09. The molecule has 0 radical (unpaired) electrons. The quantitative estimate of drug-likeness (QED) is 0.351. The Morgan fingerprint density at radius 2 is 2.14 bits per heavy atom. The van der Waals surface area contributed by atoms with Gasteiger partial charge in [0, 0.05) is 0 Å². The predicted molar refractivity (Wildman–Crippen MR) is 51.9 cm³/mol. The molecule has 0 heterocycles. The molecular formula is C10H16O4. The molecule has 0 aliphatic carbocycles. The number of hydrogen-bond acceptors (Lipinski definition) is 4. The highest BCUT2D eigenvalue weighted by atomic mass is 16.5. The first-order valence-corrected chi connectivity index (χ1v) is 4.54. The van der Waals surface area contributed by atoms with Crippen LogP contribution in [0.2, 0.25) is 0 Å². The van der Waals surface area contributed by atoms with Gasteiger partial charge in [0.05, 0.1) is 12.7 Å². The molecule has 80 valence electrons. The van der Waals surface area contributed by atoms with Crippen molar-refractivity contribution in [1.29, 1.82) is 0 Å². The van der Waals surface area contributed by atoms with Crippen LogP contribution in [-0.2, 0) is 19.1 Å². The van der Waals surface area contributed by atoms with Crippen molar-refractivity contribution in [2.75, 3.05) is 13.2 Å². The van der Waals surface area contributed by atoms with E-state index >= 15 is 0 Å². The van der Waals surface area contributed by atoms with E-state index in [1.54, 1.807) is 19.9 Å². The molecule has 14 heavy (non-hydrogen) atoms. The number of carbonyl (C=O) groups excluding carboxylic acids is 2. The minimum Gasteiger partial charge on any atom is -0.460 e. The monoisotopic (exact) mass is 200 g/mol. The fourth-order valence-corrected chi connectivity index (χ4v) is 0.791. The Labute approximate surface area is 83.9 Å². The van der Waals surface area contributed by atoms with Crippen LogP contribution < -0.4 is 0 Å². The lowest BCUT2D eigenvalue weighted by molar-refractivity contribution is -0.156. The number of ether oxygens (including phenoxy) is 2. The second kappa shape index (κ2) is 7.26. The first kappa shape index (κ1) is 12.8. The molecule has 1 atom stereocenters. The van der Waals surface area contributed by atoms with Crippen molar-refractivity contribution in [2.24, 2.45) is 0 Å². The molecule has 0 aromatic heterocycles. The van der Waals surface area contributed by atoms with Crippen LogP contribution in [0, 0.1) is 0 Å². The molecule has 1 unspecified atom stereocenters. The third kappa shape index (κ3) is 5.48. The van der Waals surface area contributed by atoms with Gasteiger partial charge in [-0.25, -0.2) is 4.79 Å². The third-order valence-corrected chi connectivity index (χ3v) is 1.50. The van der Waals surface area contributed by atoms with Crippen LogP contribution in [0.15, 0.2) is 12.7 Å². The highest BCUT2D eigenvalue weighted by Gasteiger charge is 2.15. The minimum atomic E-state index is -0.835. The van der Waals surface area contributed by atoms with E-state index in [0.29, 0.717) is 6.42 Å². The Hall–Kier alpha value is -1.16. The van der Waals surface area contributed by atoms with Gasteiger partial charge in [-0.2, -0.15) is 0 Å². The highest BCUT2D eigenvalue weighted by molar-refractivity contribution is 6.34. The standard InChI is InChI=1S/C10H16O4/c1-4-6-8(3)14-7-9(11)10(12)13-5-2/h4,8H,1,5-7H2,2-3H3. The molecule has 0 spiro atoms. The summed E-state index contributed by atoms with van der Waals surface area (Å²) in [5.74, 6) is -1.49. The van der Waals surface area contributed by atoms with E-state index in [2.05, 4.69) is 11.3 Å². The molecule has 0 saturated heterocycles. The molecular weight excluding hydrogens is 184 g/mol. The van der Waals surface area contributed by atoms with Gasteiger partial charge >= 0.3 is 5.97 Å². The zero-order valence-electron chi connectivity index (χ0n) is 8.62. The predicted octanol–water partition coefficient (Wildman–Crippen LogP) is 1.10. The van der Waals surface area contributed by atoms with Crippen LogP contribution >= 0.6 is 0 Å². The summed E-state index contributed by atoms with van der Waals surface area (Å²) in [6.45, 7) is 6.96. The number of carbonyl (C=O) groups is 2. The van der Waals surface area contributed by atoms with Crippen molar-refractivity contribution >= 4 is 11.8 Å². The summed E-state index contributed by atoms with van der Waals surface area (Å²) in [5, 5.41) is 0. The summed E-state index contributed by atoms with van der Waals surface area (Å²) in [6.07, 6.45) is 2.24. The van der Waals surface area contributed by atoms with Gasteiger partial charge in [-0.15, -0.1) is 6.58 Å². The average Bonchev–Trinajstić information content (AvgIpc) is 2.15. The zero-order chi connectivity index (χ0) is 11.0. The molecule has 4 heteroatoms. The first-order chi connectivity index (χ1) is 6.61. The van der Waals surface area contributed by atoms with Crippen molar-refractivity contribution in [3.05, 3.63) is 12.7 Å². The Bertz CT molecular complexity index is 210. The molecule has 0 aliphatic rings.